The van der Waals surface area contributed by atoms with Crippen LogP contribution in [0.5, 0.6) is 0 Å². The molecule has 0 bridgehead atoms. The molecule has 12 heteroatoms. The minimum atomic E-state index is 0.514. The lowest BCUT2D eigenvalue weighted by Gasteiger charge is -2.27. The van der Waals surface area contributed by atoms with Crippen molar-refractivity contribution < 1.29 is 17.7 Å². The van der Waals surface area contributed by atoms with E-state index in [4.69, 9.17) is 37.6 Å². The lowest BCUT2D eigenvalue weighted by molar-refractivity contribution is 0.616. The average molecular weight is 1690 g/mol. The Kier molecular flexibility index (Phi) is 17.7. The fraction of sp³-hybridized carbons (Fsp3) is 0. The van der Waals surface area contributed by atoms with E-state index in [0.717, 1.165) is 206 Å². The van der Waals surface area contributed by atoms with Crippen LogP contribution >= 0.6 is 0 Å². The normalized spacial score (nSPS) is 11.8. The third kappa shape index (κ3) is 13.1. The van der Waals surface area contributed by atoms with Crippen LogP contribution in [0, 0.1) is 0 Å². The number of nitrogens with zero attached hydrogens (tertiary/aromatic N) is 8. The van der Waals surface area contributed by atoms with E-state index in [1.54, 1.807) is 0 Å². The maximum Gasteiger partial charge on any atom is 0.227 e. The number of hydrogen-bond acceptors (Lipinski definition) is 10. The van der Waals surface area contributed by atoms with Gasteiger partial charge in [-0.2, -0.15) is 0 Å². The van der Waals surface area contributed by atoms with Gasteiger partial charge in [-0.3, -0.25) is 0 Å². The van der Waals surface area contributed by atoms with Gasteiger partial charge in [-0.1, -0.05) is 249 Å². The maximum atomic E-state index is 6.93. The van der Waals surface area contributed by atoms with Crippen LogP contribution in [0.4, 0.5) is 34.1 Å². The van der Waals surface area contributed by atoms with E-state index in [-0.39, 0.29) is 0 Å². The molecule has 0 saturated carbocycles. The smallest absolute Gasteiger partial charge is 0.227 e. The Labute approximate surface area is 757 Å². The van der Waals surface area contributed by atoms with Crippen LogP contribution in [0.2, 0.25) is 0 Å². The van der Waals surface area contributed by atoms with Crippen molar-refractivity contribution in [2.75, 3.05) is 9.80 Å². The second-order valence-corrected chi connectivity index (χ2v) is 33.6. The largest absolute Gasteiger partial charge is 0.436 e. The number of oxazole rings is 4. The molecule has 0 spiro atoms. The quantitative estimate of drug-likeness (QED) is 0.0871. The highest BCUT2D eigenvalue weighted by Crippen LogP contribution is 2.47. The molecule has 132 heavy (non-hydrogen) atoms. The summed E-state index contributed by atoms with van der Waals surface area (Å²) in [6.07, 6.45) is 0. The van der Waals surface area contributed by atoms with Crippen LogP contribution in [-0.2, 0) is 0 Å². The van der Waals surface area contributed by atoms with Crippen molar-refractivity contribution in [3.63, 3.8) is 0 Å². The maximum absolute atomic E-state index is 6.93. The summed E-state index contributed by atoms with van der Waals surface area (Å²) in [6.45, 7) is 0. The van der Waals surface area contributed by atoms with Gasteiger partial charge in [0.25, 0.3) is 0 Å². The molecule has 26 rings (SSSR count). The number of hydrogen-bond donors (Lipinski definition) is 0. The third-order valence-electron chi connectivity index (χ3n) is 25.9. The molecule has 0 fully saturated rings. The van der Waals surface area contributed by atoms with Gasteiger partial charge >= 0.3 is 0 Å². The molecule has 12 nitrogen and oxygen atoms in total. The molecule has 26 aromatic rings. The van der Waals surface area contributed by atoms with Gasteiger partial charge < -0.3 is 36.6 Å². The summed E-state index contributed by atoms with van der Waals surface area (Å²) in [5, 5.41) is 9.22. The molecule has 0 aliphatic heterocycles. The first kappa shape index (κ1) is 75.3. The number of anilines is 6. The molecular weight excluding hydrogens is 1620 g/mol. The number of para-hydroxylation sites is 8. The molecule has 0 atom stereocenters. The monoisotopic (exact) mass is 1690 g/mol. The fourth-order valence-corrected chi connectivity index (χ4v) is 19.4. The zero-order valence-corrected chi connectivity index (χ0v) is 70.9. The fourth-order valence-electron chi connectivity index (χ4n) is 19.4. The molecule has 6 aromatic heterocycles. The van der Waals surface area contributed by atoms with E-state index < -0.39 is 0 Å². The van der Waals surface area contributed by atoms with Crippen molar-refractivity contribution in [2.45, 2.75) is 0 Å². The Morgan fingerprint density at radius 1 is 0.189 bits per heavy atom. The van der Waals surface area contributed by atoms with E-state index in [1.807, 2.05) is 72.8 Å². The Morgan fingerprint density at radius 3 is 0.977 bits per heavy atom. The lowest BCUT2D eigenvalue weighted by atomic mass is 9.99. The highest BCUT2D eigenvalue weighted by atomic mass is 16.4. The zero-order valence-electron chi connectivity index (χ0n) is 70.9. The third-order valence-corrected chi connectivity index (χ3v) is 25.9. The number of rotatable bonds is 17. The predicted molar refractivity (Wildman–Crippen MR) is 539 cm³/mol. The summed E-state index contributed by atoms with van der Waals surface area (Å²) >= 11 is 0. The van der Waals surface area contributed by atoms with Crippen LogP contribution in [-0.4, -0.2) is 29.1 Å². The minimum absolute atomic E-state index is 0.514. The molecule has 0 saturated heterocycles. The van der Waals surface area contributed by atoms with Gasteiger partial charge in [0, 0.05) is 100 Å². The van der Waals surface area contributed by atoms with E-state index in [1.165, 1.54) is 16.2 Å². The second-order valence-electron chi connectivity index (χ2n) is 33.6. The van der Waals surface area contributed by atoms with Crippen LogP contribution in [0.25, 0.3) is 222 Å². The van der Waals surface area contributed by atoms with E-state index in [2.05, 4.69) is 395 Å². The summed E-state index contributed by atoms with van der Waals surface area (Å²) in [6, 6.07) is 159. The minimum Gasteiger partial charge on any atom is -0.436 e. The molecule has 6 heterocycles. The van der Waals surface area contributed by atoms with Crippen molar-refractivity contribution in [1.29, 1.82) is 0 Å². The number of fused-ring (bicyclic) bond motifs is 12. The van der Waals surface area contributed by atoms with Crippen molar-refractivity contribution in [1.82, 2.24) is 29.1 Å². The van der Waals surface area contributed by atoms with Crippen molar-refractivity contribution in [3.05, 3.63) is 449 Å². The summed E-state index contributed by atoms with van der Waals surface area (Å²) in [5.41, 5.74) is 33.2. The molecule has 20 aromatic carbocycles. The molecule has 0 radical (unpaired) electrons. The number of benzene rings is 20. The first-order chi connectivity index (χ1) is 65.3. The summed E-state index contributed by atoms with van der Waals surface area (Å²) in [5.74, 6) is 2.26. The Bertz CT molecular complexity index is 8930. The van der Waals surface area contributed by atoms with Gasteiger partial charge in [-0.25, -0.2) is 19.9 Å². The van der Waals surface area contributed by atoms with Gasteiger partial charge in [0.2, 0.25) is 23.6 Å². The molecule has 618 valence electrons. The van der Waals surface area contributed by atoms with Crippen molar-refractivity contribution in [3.8, 4) is 113 Å². The molecule has 0 aliphatic carbocycles. The predicted octanol–water partition coefficient (Wildman–Crippen LogP) is 32.7. The summed E-state index contributed by atoms with van der Waals surface area (Å²) in [4.78, 5) is 24.5. The Morgan fingerprint density at radius 2 is 0.508 bits per heavy atom. The Hall–Kier alpha value is -18.0. The zero-order chi connectivity index (χ0) is 86.9. The van der Waals surface area contributed by atoms with Crippen LogP contribution in [0.15, 0.2) is 467 Å². The summed E-state index contributed by atoms with van der Waals surface area (Å²) < 4.78 is 30.9. The molecule has 0 aliphatic rings. The highest BCUT2D eigenvalue weighted by molar-refractivity contribution is 6.12. The van der Waals surface area contributed by atoms with Crippen molar-refractivity contribution >= 4 is 144 Å². The van der Waals surface area contributed by atoms with Crippen molar-refractivity contribution in [2.24, 2.45) is 0 Å². The molecular formula is C120H74N8O4. The van der Waals surface area contributed by atoms with E-state index in [0.29, 0.717) is 34.7 Å². The van der Waals surface area contributed by atoms with E-state index >= 15 is 0 Å². The average Bonchev–Trinajstić information content (AvgIpc) is 1.58. The topological polar surface area (TPSA) is 120 Å². The second kappa shape index (κ2) is 31.0. The molecule has 0 unspecified atom stereocenters. The van der Waals surface area contributed by atoms with Crippen LogP contribution in [0.3, 0.4) is 0 Å². The first-order valence-electron chi connectivity index (χ1n) is 44.3. The highest BCUT2D eigenvalue weighted by Gasteiger charge is 2.25. The van der Waals surface area contributed by atoms with Crippen LogP contribution < -0.4 is 9.80 Å². The van der Waals surface area contributed by atoms with Gasteiger partial charge in [0.1, 0.15) is 22.1 Å². The summed E-state index contributed by atoms with van der Waals surface area (Å²) in [7, 11) is 0. The van der Waals surface area contributed by atoms with Gasteiger partial charge in [0.05, 0.1) is 27.8 Å². The van der Waals surface area contributed by atoms with E-state index in [9.17, 15) is 0 Å². The molecule has 0 amide bonds. The first-order valence-corrected chi connectivity index (χ1v) is 44.3. The standard InChI is InChI=1S/C120H74N8O4/c1-2-18-87-72-96(69-50-75(87)16-1)125(90-57-42-80(43-58-90)76-34-38-78(39-35-76)82-46-61-94(62-47-82)127-109-29-9-5-21-98(109)102-73-88(55-70-111(102)127)119-122-105-26-8-12-33-114(105)130-119)91-65-51-86(52-66-91)118-123-106-27-14-23-100(115(106)131-118)101-24-15-28-107-116(101)132-120(124-107)89-56-71-112-103(74-89)99-22-6-10-30-110(99)128(112)95-63-48-83(49-64-95)79-40-36-77(37-41-79)81-44-59-92(60-45-81)126(108-31-13-19-84-17-3-4-20-97(84)108)93-67-53-85(54-68-93)117-121-104-25-7-11-32-113(104)129-117/h1-74H. The van der Waals surface area contributed by atoms with Gasteiger partial charge in [0.15, 0.2) is 22.3 Å². The van der Waals surface area contributed by atoms with Gasteiger partial charge in [-0.15, -0.1) is 0 Å². The van der Waals surface area contributed by atoms with Crippen LogP contribution in [0.1, 0.15) is 0 Å². The SMILES string of the molecule is c1ccc2cc(N(c3ccc(-c4ccc(-c5ccc(-n6c7ccccc7c7cc(-c8nc9ccccc9o8)ccc76)cc5)cc4)cc3)c3ccc(-c4nc5cccc(-c6cccc7nc(-c8ccc9c(c8)c8ccccc8n9-c8ccc(-c9ccc(-c%10ccc(N(c%11ccc(-c%12nc%13ccccc%13o%12)cc%11)c%11cccc%12ccccc%11%12)cc%10)cc9)cc8)oc67)c5o4)cc3)ccc2c1. The number of aromatic nitrogens is 6. The molecule has 0 N–H and O–H groups in total. The van der Waals surface area contributed by atoms with Gasteiger partial charge in [-0.05, 0) is 261 Å². The lowest BCUT2D eigenvalue weighted by Crippen LogP contribution is -2.10. The Balaban J connectivity index is 0.446.